The highest BCUT2D eigenvalue weighted by atomic mass is 16.5. The summed E-state index contributed by atoms with van der Waals surface area (Å²) in [4.78, 5) is 65.8. The van der Waals surface area contributed by atoms with Gasteiger partial charge in [-0.15, -0.1) is 0 Å². The summed E-state index contributed by atoms with van der Waals surface area (Å²) in [6, 6.07) is 9.02. The van der Waals surface area contributed by atoms with Crippen LogP contribution in [0.2, 0.25) is 0 Å². The highest BCUT2D eigenvalue weighted by Crippen LogP contribution is 2.34. The minimum absolute atomic E-state index is 0.0551. The van der Waals surface area contributed by atoms with Gasteiger partial charge in [0.25, 0.3) is 11.8 Å². The third kappa shape index (κ3) is 6.16. The number of aliphatic hydroxyl groups excluding tert-OH is 3. The lowest BCUT2D eigenvalue weighted by molar-refractivity contribution is -0.204. The maximum atomic E-state index is 13.7. The number of nitrogens with one attached hydrogen (secondary N) is 2. The van der Waals surface area contributed by atoms with Crippen LogP contribution in [-0.2, 0) is 19.1 Å². The van der Waals surface area contributed by atoms with E-state index in [1.807, 2.05) is 0 Å². The number of benzene rings is 2. The van der Waals surface area contributed by atoms with Crippen LogP contribution in [-0.4, -0.2) is 98.3 Å². The molecule has 238 valence electrons. The van der Waals surface area contributed by atoms with Crippen molar-refractivity contribution >= 4 is 40.4 Å². The molecule has 14 nitrogen and oxygen atoms in total. The van der Waals surface area contributed by atoms with Crippen LogP contribution in [0.4, 0.5) is 0 Å². The average molecular weight is 615 g/mol. The molecule has 2 heterocycles. The molecule has 8 N–H and O–H groups in total. The number of rotatable bonds is 11. The molecule has 0 radical (unpaired) electrons. The van der Waals surface area contributed by atoms with Gasteiger partial charge in [0.15, 0.2) is 6.23 Å². The number of amides is 4. The van der Waals surface area contributed by atoms with E-state index in [1.165, 1.54) is 6.92 Å². The van der Waals surface area contributed by atoms with Gasteiger partial charge in [0.2, 0.25) is 11.8 Å². The third-order valence-corrected chi connectivity index (χ3v) is 8.42. The smallest absolute Gasteiger partial charge is 0.307 e. The van der Waals surface area contributed by atoms with Crippen molar-refractivity contribution in [1.82, 2.24) is 15.5 Å². The molecule has 9 atom stereocenters. The zero-order valence-electron chi connectivity index (χ0n) is 24.5. The largest absolute Gasteiger partial charge is 0.481 e. The van der Waals surface area contributed by atoms with E-state index < -0.39 is 90.7 Å². The van der Waals surface area contributed by atoms with E-state index in [9.17, 15) is 44.4 Å². The monoisotopic (exact) mass is 614 g/mol. The molecule has 4 amide bonds. The summed E-state index contributed by atoms with van der Waals surface area (Å²) in [5.41, 5.74) is 6.72. The van der Waals surface area contributed by atoms with Crippen molar-refractivity contribution in [3.8, 4) is 0 Å². The van der Waals surface area contributed by atoms with E-state index in [0.29, 0.717) is 6.42 Å². The molecule has 2 aliphatic rings. The first-order valence-corrected chi connectivity index (χ1v) is 14.4. The molecule has 44 heavy (non-hydrogen) atoms. The molecule has 14 heteroatoms. The topological polar surface area (TPSA) is 229 Å². The number of nitrogens with zero attached hydrogens (tertiary/aromatic N) is 1. The fourth-order valence-corrected chi connectivity index (χ4v) is 6.10. The quantitative estimate of drug-likeness (QED) is 0.160. The molecular weight excluding hydrogens is 576 g/mol. The number of nitrogens with two attached hydrogens (primary N) is 1. The van der Waals surface area contributed by atoms with Crippen molar-refractivity contribution < 1.29 is 49.1 Å². The van der Waals surface area contributed by atoms with Crippen molar-refractivity contribution in [1.29, 1.82) is 0 Å². The summed E-state index contributed by atoms with van der Waals surface area (Å²) >= 11 is 0. The van der Waals surface area contributed by atoms with E-state index in [-0.39, 0.29) is 17.5 Å². The number of carbonyl (C=O) groups excluding carboxylic acids is 4. The van der Waals surface area contributed by atoms with Crippen molar-refractivity contribution in [2.24, 2.45) is 23.5 Å². The van der Waals surface area contributed by atoms with Gasteiger partial charge in [-0.3, -0.25) is 28.9 Å². The highest BCUT2D eigenvalue weighted by molar-refractivity contribution is 6.23. The third-order valence-electron chi connectivity index (χ3n) is 8.42. The Morgan fingerprint density at radius 3 is 2.07 bits per heavy atom. The molecule has 0 spiro atoms. The maximum absolute atomic E-state index is 13.7. The average Bonchev–Trinajstić information content (AvgIpc) is 3.22. The van der Waals surface area contributed by atoms with Crippen molar-refractivity contribution in [2.45, 2.75) is 70.4 Å². The Kier molecular flexibility index (Phi) is 10.0. The van der Waals surface area contributed by atoms with Crippen LogP contribution in [0.3, 0.4) is 0 Å². The summed E-state index contributed by atoms with van der Waals surface area (Å²) in [6.07, 6.45) is -6.95. The van der Waals surface area contributed by atoms with Gasteiger partial charge < -0.3 is 41.5 Å². The van der Waals surface area contributed by atoms with Crippen LogP contribution >= 0.6 is 0 Å². The first kappa shape index (κ1) is 33.0. The molecule has 3 unspecified atom stereocenters. The fraction of sp³-hybridized carbons (Fsp3) is 0.500. The summed E-state index contributed by atoms with van der Waals surface area (Å²) in [6.45, 7) is 3.62. The summed E-state index contributed by atoms with van der Waals surface area (Å²) in [5.74, 6) is -8.02. The van der Waals surface area contributed by atoms with Gasteiger partial charge in [-0.2, -0.15) is 0 Å². The van der Waals surface area contributed by atoms with E-state index in [0.717, 1.165) is 22.6 Å². The van der Waals surface area contributed by atoms with Crippen LogP contribution in [0.5, 0.6) is 0 Å². The first-order valence-electron chi connectivity index (χ1n) is 14.4. The lowest BCUT2D eigenvalue weighted by Crippen LogP contribution is -2.68. The molecule has 1 saturated heterocycles. The zero-order chi connectivity index (χ0) is 32.5. The Labute approximate surface area is 253 Å². The van der Waals surface area contributed by atoms with E-state index >= 15 is 0 Å². The number of imide groups is 1. The summed E-state index contributed by atoms with van der Waals surface area (Å²) < 4.78 is 5.58. The van der Waals surface area contributed by atoms with Gasteiger partial charge in [0.1, 0.15) is 24.4 Å². The molecular formula is C30H38N4O10. The maximum Gasteiger partial charge on any atom is 0.307 e. The van der Waals surface area contributed by atoms with Crippen molar-refractivity contribution in [3.05, 3.63) is 47.5 Å². The van der Waals surface area contributed by atoms with Gasteiger partial charge in [-0.25, -0.2) is 0 Å². The molecule has 2 aromatic carbocycles. The first-order chi connectivity index (χ1) is 20.8. The Balaban J connectivity index is 1.60. The normalized spacial score (nSPS) is 26.1. The van der Waals surface area contributed by atoms with Crippen LogP contribution in [0.15, 0.2) is 36.4 Å². The van der Waals surface area contributed by atoms with Gasteiger partial charge in [0, 0.05) is 12.8 Å². The second-order valence-electron chi connectivity index (χ2n) is 11.3. The number of carboxylic acids is 1. The van der Waals surface area contributed by atoms with Crippen LogP contribution in [0, 0.1) is 17.8 Å². The number of hydrogen-bond donors (Lipinski definition) is 7. The van der Waals surface area contributed by atoms with E-state index in [2.05, 4.69) is 10.6 Å². The van der Waals surface area contributed by atoms with Crippen molar-refractivity contribution in [3.63, 3.8) is 0 Å². The lowest BCUT2D eigenvalue weighted by Gasteiger charge is -2.43. The number of carbonyl (C=O) groups is 5. The highest BCUT2D eigenvalue weighted by Gasteiger charge is 2.49. The van der Waals surface area contributed by atoms with Gasteiger partial charge in [-0.1, -0.05) is 44.5 Å². The van der Waals surface area contributed by atoms with E-state index in [4.69, 9.17) is 10.5 Å². The predicted octanol–water partition coefficient (Wildman–Crippen LogP) is -0.466. The van der Waals surface area contributed by atoms with Crippen LogP contribution in [0.1, 0.15) is 54.3 Å². The number of aliphatic hydroxyl groups is 3. The van der Waals surface area contributed by atoms with E-state index in [1.54, 1.807) is 43.3 Å². The fourth-order valence-electron chi connectivity index (χ4n) is 6.10. The molecule has 4 rings (SSSR count). The number of fused-ring (bicyclic) bond motifs is 2. The number of carboxylic acid groups (broad SMARTS) is 1. The second-order valence-corrected chi connectivity index (χ2v) is 11.3. The minimum atomic E-state index is -1.63. The molecule has 2 aliphatic heterocycles. The Morgan fingerprint density at radius 2 is 1.59 bits per heavy atom. The molecule has 1 fully saturated rings. The standard InChI is InChI=1S/C30H38N4O10/c1-4-7-17(26(39)33-27-22(32-14(3)36)24(38)23(37)20(12-35)44-27)21(30(42)43)13(2)25(31)34-28(40)18-10-15-8-5-6-9-16(15)11-19(18)29(34)41/h5-6,8-11,13,17,20-25,27,35,37-38H,4,7,12,31H2,1-3H3,(H,32,36)(H,33,39)(H,42,43)/t13?,17-,20+,21+,22+,23+,24-,25?,27?/m0/s1. The SMILES string of the molecule is CCC[C@H](C(=O)NC1O[C@H](CO)[C@@H](O)[C@@H](O)[C@H]1NC(C)=O)[C@H](C(=O)O)C(C)C(N)N1C(=O)c2cc3ccccc3cc2C1=O. The van der Waals surface area contributed by atoms with Gasteiger partial charge >= 0.3 is 5.97 Å². The Morgan fingerprint density at radius 1 is 1.02 bits per heavy atom. The van der Waals surface area contributed by atoms with Gasteiger partial charge in [-0.05, 0) is 29.3 Å². The van der Waals surface area contributed by atoms with Crippen LogP contribution < -0.4 is 16.4 Å². The summed E-state index contributed by atoms with van der Waals surface area (Å²) in [7, 11) is 0. The predicted molar refractivity (Wildman–Crippen MR) is 155 cm³/mol. The lowest BCUT2D eigenvalue weighted by atomic mass is 9.77. The molecule has 0 bridgehead atoms. The number of aliphatic carboxylic acids is 1. The number of ether oxygens (including phenoxy) is 1. The molecule has 2 aromatic rings. The number of hydrogen-bond acceptors (Lipinski definition) is 10. The Hall–Kier alpha value is -3.95. The van der Waals surface area contributed by atoms with Gasteiger partial charge in [0.05, 0.1) is 35.7 Å². The summed E-state index contributed by atoms with van der Waals surface area (Å²) in [5, 5.41) is 47.2. The molecule has 0 aromatic heterocycles. The minimum Gasteiger partial charge on any atom is -0.481 e. The molecule has 0 aliphatic carbocycles. The van der Waals surface area contributed by atoms with Crippen molar-refractivity contribution in [2.75, 3.05) is 6.61 Å². The second kappa shape index (κ2) is 13.4. The Bertz CT molecular complexity index is 1400. The molecule has 0 saturated carbocycles. The zero-order valence-corrected chi connectivity index (χ0v) is 24.5. The van der Waals surface area contributed by atoms with Crippen LogP contribution in [0.25, 0.3) is 10.8 Å².